The minimum Gasteiger partial charge on any atom is -0.337 e. The molecule has 2 aliphatic rings. The molecule has 0 N–H and O–H groups in total. The summed E-state index contributed by atoms with van der Waals surface area (Å²) in [7, 11) is 0. The highest BCUT2D eigenvalue weighted by molar-refractivity contribution is 6.30. The average Bonchev–Trinajstić information content (AvgIpc) is 3.40. The van der Waals surface area contributed by atoms with E-state index in [-0.39, 0.29) is 0 Å². The van der Waals surface area contributed by atoms with Gasteiger partial charge in [0, 0.05) is 36.4 Å². The Balaban J connectivity index is 1.49. The number of hydrogen-bond acceptors (Lipinski definition) is 3. The van der Waals surface area contributed by atoms with Crippen molar-refractivity contribution in [2.75, 3.05) is 11.4 Å². The van der Waals surface area contributed by atoms with E-state index in [4.69, 9.17) is 11.6 Å². The predicted molar refractivity (Wildman–Crippen MR) is 100 cm³/mol. The van der Waals surface area contributed by atoms with Crippen LogP contribution in [0.4, 0.5) is 10.3 Å². The number of hydrogen-bond donors (Lipinski definition) is 0. The first-order valence-electron chi connectivity index (χ1n) is 9.20. The Bertz CT molecular complexity index is 948. The molecule has 4 nitrogen and oxygen atoms in total. The third-order valence-electron chi connectivity index (χ3n) is 5.56. The van der Waals surface area contributed by atoms with Crippen molar-refractivity contribution in [3.8, 4) is 0 Å². The van der Waals surface area contributed by atoms with Crippen LogP contribution >= 0.6 is 11.6 Å². The number of fused-ring (bicyclic) bond motifs is 3. The van der Waals surface area contributed by atoms with Gasteiger partial charge in [-0.15, -0.1) is 0 Å². The molecular weight excluding hydrogens is 351 g/mol. The molecule has 2 aliphatic carbocycles. The number of pyridine rings is 1. The molecule has 1 atom stereocenters. The van der Waals surface area contributed by atoms with Crippen molar-refractivity contribution in [3.05, 3.63) is 58.9 Å². The van der Waals surface area contributed by atoms with Crippen LogP contribution < -0.4 is 4.90 Å². The number of aromatic nitrogens is 3. The molecule has 0 aliphatic heterocycles. The highest BCUT2D eigenvalue weighted by Crippen LogP contribution is 2.35. The van der Waals surface area contributed by atoms with E-state index in [0.717, 1.165) is 30.8 Å². The van der Waals surface area contributed by atoms with Crippen LogP contribution in [0.5, 0.6) is 0 Å². The number of halogens is 2. The van der Waals surface area contributed by atoms with Crippen molar-refractivity contribution in [1.82, 2.24) is 14.4 Å². The Morgan fingerprint density at radius 2 is 2.00 bits per heavy atom. The van der Waals surface area contributed by atoms with Gasteiger partial charge in [0.1, 0.15) is 0 Å². The van der Waals surface area contributed by atoms with Crippen molar-refractivity contribution >= 4 is 23.1 Å². The molecule has 3 aromatic heterocycles. The third kappa shape index (κ3) is 2.94. The van der Waals surface area contributed by atoms with Crippen molar-refractivity contribution in [3.63, 3.8) is 0 Å². The second-order valence-electron chi connectivity index (χ2n) is 7.45. The van der Waals surface area contributed by atoms with Crippen LogP contribution in [-0.2, 0) is 12.8 Å². The van der Waals surface area contributed by atoms with Gasteiger partial charge in [0.25, 0.3) is 0 Å². The lowest BCUT2D eigenvalue weighted by Gasteiger charge is -2.34. The van der Waals surface area contributed by atoms with Crippen molar-refractivity contribution < 1.29 is 4.39 Å². The average molecular weight is 371 g/mol. The summed E-state index contributed by atoms with van der Waals surface area (Å²) >= 11 is 6.22. The van der Waals surface area contributed by atoms with Crippen molar-refractivity contribution in [2.24, 2.45) is 5.92 Å². The number of rotatable bonds is 4. The molecule has 1 fully saturated rings. The quantitative estimate of drug-likeness (QED) is 0.686. The van der Waals surface area contributed by atoms with Crippen LogP contribution in [0.1, 0.15) is 30.5 Å². The van der Waals surface area contributed by atoms with Crippen molar-refractivity contribution in [1.29, 1.82) is 0 Å². The first kappa shape index (κ1) is 16.1. The van der Waals surface area contributed by atoms with Gasteiger partial charge in [-0.05, 0) is 55.4 Å². The standard InChI is InChI=1S/C20H20ClFN4/c21-15-4-6-17-7-14-3-5-18(8-19(14)25(17)12-15)26(11-13-1-2-13)20-23-9-16(22)10-24-20/h4,6-7,9-10,12-13,18H,1-3,5,8,11H2. The van der Waals surface area contributed by atoms with E-state index in [1.165, 1.54) is 42.0 Å². The van der Waals surface area contributed by atoms with Crippen LogP contribution in [0.2, 0.25) is 5.02 Å². The summed E-state index contributed by atoms with van der Waals surface area (Å²) in [4.78, 5) is 10.8. The van der Waals surface area contributed by atoms with E-state index in [9.17, 15) is 4.39 Å². The van der Waals surface area contributed by atoms with Crippen LogP contribution in [0.15, 0.2) is 36.8 Å². The normalized spacial score (nSPS) is 19.5. The van der Waals surface area contributed by atoms with Gasteiger partial charge in [-0.3, -0.25) is 0 Å². The van der Waals surface area contributed by atoms with E-state index in [1.54, 1.807) is 0 Å². The van der Waals surface area contributed by atoms with Crippen LogP contribution in [0.25, 0.3) is 5.52 Å². The number of nitrogens with zero attached hydrogens (tertiary/aromatic N) is 4. The summed E-state index contributed by atoms with van der Waals surface area (Å²) < 4.78 is 15.5. The van der Waals surface area contributed by atoms with Gasteiger partial charge >= 0.3 is 0 Å². The molecule has 3 heterocycles. The summed E-state index contributed by atoms with van der Waals surface area (Å²) in [5.74, 6) is 0.965. The fraction of sp³-hybridized carbons (Fsp3) is 0.400. The largest absolute Gasteiger partial charge is 0.337 e. The van der Waals surface area contributed by atoms with Gasteiger partial charge in [-0.25, -0.2) is 14.4 Å². The number of anilines is 1. The minimum absolute atomic E-state index is 0.325. The van der Waals surface area contributed by atoms with Gasteiger partial charge in [0.2, 0.25) is 5.95 Å². The first-order chi connectivity index (χ1) is 12.7. The minimum atomic E-state index is -0.390. The summed E-state index contributed by atoms with van der Waals surface area (Å²) in [5.41, 5.74) is 3.91. The molecule has 0 aromatic carbocycles. The Hall–Kier alpha value is -2.14. The van der Waals surface area contributed by atoms with Crippen LogP contribution in [0.3, 0.4) is 0 Å². The Morgan fingerprint density at radius 1 is 1.19 bits per heavy atom. The summed E-state index contributed by atoms with van der Waals surface area (Å²) in [6.07, 6.45) is 10.1. The molecule has 0 spiro atoms. The fourth-order valence-electron chi connectivity index (χ4n) is 4.04. The maximum atomic E-state index is 13.3. The van der Waals surface area contributed by atoms with E-state index >= 15 is 0 Å². The van der Waals surface area contributed by atoms with Gasteiger partial charge in [-0.2, -0.15) is 0 Å². The van der Waals surface area contributed by atoms with Gasteiger partial charge in [0.15, 0.2) is 5.82 Å². The van der Waals surface area contributed by atoms with E-state index in [1.807, 2.05) is 12.3 Å². The fourth-order valence-corrected chi connectivity index (χ4v) is 4.20. The lowest BCUT2D eigenvalue weighted by Crippen LogP contribution is -2.42. The smallest absolute Gasteiger partial charge is 0.225 e. The van der Waals surface area contributed by atoms with E-state index in [2.05, 4.69) is 31.4 Å². The second-order valence-corrected chi connectivity index (χ2v) is 7.89. The third-order valence-corrected chi connectivity index (χ3v) is 5.78. The monoisotopic (exact) mass is 370 g/mol. The molecule has 0 bridgehead atoms. The molecular formula is C20H20ClFN4. The van der Waals surface area contributed by atoms with Gasteiger partial charge < -0.3 is 9.30 Å². The summed E-state index contributed by atoms with van der Waals surface area (Å²) in [5, 5.41) is 0.745. The lowest BCUT2D eigenvalue weighted by atomic mass is 9.92. The maximum Gasteiger partial charge on any atom is 0.225 e. The first-order valence-corrected chi connectivity index (χ1v) is 9.58. The van der Waals surface area contributed by atoms with Crippen LogP contribution in [0, 0.1) is 11.7 Å². The zero-order chi connectivity index (χ0) is 17.7. The van der Waals surface area contributed by atoms with Gasteiger partial charge in [0.05, 0.1) is 17.4 Å². The van der Waals surface area contributed by atoms with Crippen LogP contribution in [-0.4, -0.2) is 27.0 Å². The van der Waals surface area contributed by atoms with Crippen molar-refractivity contribution in [2.45, 2.75) is 38.1 Å². The topological polar surface area (TPSA) is 33.4 Å². The lowest BCUT2D eigenvalue weighted by molar-refractivity contribution is 0.493. The molecule has 134 valence electrons. The second kappa shape index (κ2) is 6.23. The Labute approximate surface area is 156 Å². The molecule has 26 heavy (non-hydrogen) atoms. The molecule has 6 heteroatoms. The van der Waals surface area contributed by atoms with Gasteiger partial charge in [-0.1, -0.05) is 11.6 Å². The number of aryl methyl sites for hydroxylation is 1. The Kier molecular flexibility index (Phi) is 3.85. The predicted octanol–water partition coefficient (Wildman–Crippen LogP) is 4.30. The zero-order valence-electron chi connectivity index (χ0n) is 14.4. The molecule has 0 saturated heterocycles. The van der Waals surface area contributed by atoms with E-state index in [0.29, 0.717) is 17.9 Å². The molecule has 0 radical (unpaired) electrons. The molecule has 3 aromatic rings. The molecule has 5 rings (SSSR count). The molecule has 0 amide bonds. The maximum absolute atomic E-state index is 13.3. The summed E-state index contributed by atoms with van der Waals surface area (Å²) in [6, 6.07) is 6.60. The Morgan fingerprint density at radius 3 is 2.77 bits per heavy atom. The molecule has 1 unspecified atom stereocenters. The highest BCUT2D eigenvalue weighted by Gasteiger charge is 2.32. The summed E-state index contributed by atoms with van der Waals surface area (Å²) in [6.45, 7) is 0.954. The molecule has 1 saturated carbocycles. The van der Waals surface area contributed by atoms with E-state index < -0.39 is 5.82 Å². The zero-order valence-corrected chi connectivity index (χ0v) is 15.2. The SMILES string of the molecule is Fc1cnc(N(CC2CC2)C2CCc3cc4ccc(Cl)cn4c3C2)nc1. The highest BCUT2D eigenvalue weighted by atomic mass is 35.5.